The van der Waals surface area contributed by atoms with Gasteiger partial charge in [0.15, 0.2) is 17.8 Å². The summed E-state index contributed by atoms with van der Waals surface area (Å²) in [5.41, 5.74) is 3.37. The van der Waals surface area contributed by atoms with Crippen molar-refractivity contribution in [3.05, 3.63) is 80.0 Å². The third-order valence-corrected chi connectivity index (χ3v) is 7.59. The number of benzene rings is 1. The number of imidazole rings is 1. The summed E-state index contributed by atoms with van der Waals surface area (Å²) in [6.45, 7) is 9.94. The van der Waals surface area contributed by atoms with Crippen molar-refractivity contribution in [2.24, 2.45) is 7.05 Å². The van der Waals surface area contributed by atoms with E-state index in [1.54, 1.807) is 18.5 Å². The Bertz CT molecular complexity index is 1690. The lowest BCUT2D eigenvalue weighted by Gasteiger charge is -2.35. The minimum absolute atomic E-state index is 0.00992. The summed E-state index contributed by atoms with van der Waals surface area (Å²) < 4.78 is 12.5. The fourth-order valence-electron chi connectivity index (χ4n) is 5.33. The molecule has 10 nitrogen and oxygen atoms in total. The lowest BCUT2D eigenvalue weighted by Crippen LogP contribution is -2.43. The first-order valence-corrected chi connectivity index (χ1v) is 13.3. The van der Waals surface area contributed by atoms with Crippen molar-refractivity contribution in [3.63, 3.8) is 0 Å². The number of aryl methyl sites for hydroxylation is 3. The first-order valence-electron chi connectivity index (χ1n) is 13.3. The number of carbonyl (C=O) groups excluding carboxylic acids is 1. The van der Waals surface area contributed by atoms with E-state index in [1.165, 1.54) is 14.8 Å². The van der Waals surface area contributed by atoms with Crippen LogP contribution in [0.3, 0.4) is 0 Å². The summed E-state index contributed by atoms with van der Waals surface area (Å²) in [7, 11) is 1.77. The third-order valence-electron chi connectivity index (χ3n) is 7.59. The fourth-order valence-corrected chi connectivity index (χ4v) is 5.33. The molecule has 1 unspecified atom stereocenters. The number of hydrogen-bond donors (Lipinski definition) is 0. The van der Waals surface area contributed by atoms with E-state index in [0.717, 1.165) is 17.8 Å². The Morgan fingerprint density at radius 3 is 2.44 bits per heavy atom. The van der Waals surface area contributed by atoms with Crippen LogP contribution in [0.15, 0.2) is 46.0 Å². The zero-order chi connectivity index (χ0) is 27.8. The zero-order valence-corrected chi connectivity index (χ0v) is 23.0. The van der Waals surface area contributed by atoms with Crippen LogP contribution in [0, 0.1) is 6.92 Å². The molecule has 1 amide bonds. The van der Waals surface area contributed by atoms with E-state index in [4.69, 9.17) is 4.74 Å². The van der Waals surface area contributed by atoms with Crippen LogP contribution in [-0.2, 0) is 31.5 Å². The average molecular weight is 531 g/mol. The van der Waals surface area contributed by atoms with Gasteiger partial charge in [-0.15, -0.1) is 0 Å². The first kappa shape index (κ1) is 26.3. The van der Waals surface area contributed by atoms with Crippen molar-refractivity contribution in [2.45, 2.75) is 53.4 Å². The summed E-state index contributed by atoms with van der Waals surface area (Å²) in [6, 6.07) is 11.6. The zero-order valence-electron chi connectivity index (χ0n) is 23.0. The number of aromatic nitrogens is 5. The molecule has 4 heterocycles. The van der Waals surface area contributed by atoms with Gasteiger partial charge in [-0.1, -0.05) is 18.2 Å². The van der Waals surface area contributed by atoms with Crippen molar-refractivity contribution in [3.8, 4) is 5.75 Å². The molecule has 1 aliphatic rings. The Kier molecular flexibility index (Phi) is 7.03. The van der Waals surface area contributed by atoms with Crippen LogP contribution in [0.25, 0.3) is 23.3 Å². The summed E-state index contributed by atoms with van der Waals surface area (Å²) in [5, 5.41) is 0. The van der Waals surface area contributed by atoms with Gasteiger partial charge in [0.1, 0.15) is 11.6 Å². The van der Waals surface area contributed by atoms with Crippen LogP contribution in [0.5, 0.6) is 5.75 Å². The Morgan fingerprint density at radius 2 is 1.74 bits per heavy atom. The van der Waals surface area contributed by atoms with Gasteiger partial charge < -0.3 is 18.8 Å². The number of fused-ring (bicyclic) bond motifs is 2. The standard InChI is InChI=1S/C29H34N6O4/c1-6-32-27-26(28(37)33(7-2)29(32)38)31(5)24(30-27)15-11-21-9-12-22(13-10-21)39-18-25(36)35-17-16-34-19(3)8-14-23(34)20(35)4/h8-15,20H,6-7,16-18H2,1-5H3. The normalized spacial score (nSPS) is 15.3. The molecule has 39 heavy (non-hydrogen) atoms. The van der Waals surface area contributed by atoms with Gasteiger partial charge >= 0.3 is 5.69 Å². The molecule has 0 saturated carbocycles. The van der Waals surface area contributed by atoms with Gasteiger partial charge in [-0.25, -0.2) is 9.78 Å². The van der Waals surface area contributed by atoms with Crippen molar-refractivity contribution in [1.29, 1.82) is 0 Å². The summed E-state index contributed by atoms with van der Waals surface area (Å²) in [5.74, 6) is 1.14. The number of amides is 1. The summed E-state index contributed by atoms with van der Waals surface area (Å²) >= 11 is 0. The van der Waals surface area contributed by atoms with Crippen LogP contribution < -0.4 is 16.0 Å². The fraction of sp³-hybridized carbons (Fsp3) is 0.379. The van der Waals surface area contributed by atoms with Crippen molar-refractivity contribution in [2.75, 3.05) is 13.2 Å². The van der Waals surface area contributed by atoms with E-state index in [9.17, 15) is 14.4 Å². The molecule has 4 aromatic rings. The Hall–Kier alpha value is -4.34. The molecule has 0 saturated heterocycles. The van der Waals surface area contributed by atoms with Gasteiger partial charge in [-0.3, -0.25) is 18.7 Å². The highest BCUT2D eigenvalue weighted by Crippen LogP contribution is 2.27. The Balaban J connectivity index is 1.27. The Morgan fingerprint density at radius 1 is 1.03 bits per heavy atom. The molecule has 10 heteroatoms. The smallest absolute Gasteiger partial charge is 0.332 e. The monoisotopic (exact) mass is 530 g/mol. The van der Waals surface area contributed by atoms with Gasteiger partial charge in [0, 0.05) is 44.6 Å². The number of rotatable bonds is 7. The molecule has 1 aliphatic heterocycles. The largest absolute Gasteiger partial charge is 0.484 e. The topological polar surface area (TPSA) is 96.3 Å². The minimum Gasteiger partial charge on any atom is -0.484 e. The molecular formula is C29H34N6O4. The molecule has 5 rings (SSSR count). The predicted molar refractivity (Wildman–Crippen MR) is 151 cm³/mol. The maximum atomic E-state index is 12.9. The maximum Gasteiger partial charge on any atom is 0.332 e. The van der Waals surface area contributed by atoms with E-state index in [0.29, 0.717) is 42.4 Å². The quantitative estimate of drug-likeness (QED) is 0.366. The number of carbonyl (C=O) groups is 1. The maximum absolute atomic E-state index is 12.9. The van der Waals surface area contributed by atoms with E-state index < -0.39 is 0 Å². The van der Waals surface area contributed by atoms with E-state index in [2.05, 4.69) is 35.5 Å². The summed E-state index contributed by atoms with van der Waals surface area (Å²) in [4.78, 5) is 44.9. The second-order valence-corrected chi connectivity index (χ2v) is 9.78. The van der Waals surface area contributed by atoms with Gasteiger partial charge in [0.05, 0.1) is 6.04 Å². The molecule has 1 atom stereocenters. The van der Waals surface area contributed by atoms with Crippen molar-refractivity contribution >= 4 is 29.2 Å². The van der Waals surface area contributed by atoms with Crippen LogP contribution in [0.2, 0.25) is 0 Å². The van der Waals surface area contributed by atoms with Crippen molar-refractivity contribution in [1.82, 2.24) is 28.2 Å². The molecular weight excluding hydrogens is 496 g/mol. The van der Waals surface area contributed by atoms with Gasteiger partial charge in [-0.2, -0.15) is 0 Å². The van der Waals surface area contributed by atoms with Crippen LogP contribution in [-0.4, -0.2) is 47.2 Å². The molecule has 0 radical (unpaired) electrons. The highest BCUT2D eigenvalue weighted by molar-refractivity contribution is 5.79. The highest BCUT2D eigenvalue weighted by atomic mass is 16.5. The first-order chi connectivity index (χ1) is 18.7. The van der Waals surface area contributed by atoms with Crippen LogP contribution in [0.4, 0.5) is 0 Å². The van der Waals surface area contributed by atoms with Crippen LogP contribution >= 0.6 is 0 Å². The Labute approximate surface area is 226 Å². The average Bonchev–Trinajstić information content (AvgIpc) is 3.47. The lowest BCUT2D eigenvalue weighted by atomic mass is 10.1. The molecule has 3 aromatic heterocycles. The van der Waals surface area contributed by atoms with Crippen LogP contribution in [0.1, 0.15) is 49.6 Å². The SMILES string of the molecule is CCn1c(=O)c2c(nc(C=Cc3ccc(OCC(=O)N4CCn5c(C)ccc5C4C)cc3)n2C)n(CC)c1=O. The highest BCUT2D eigenvalue weighted by Gasteiger charge is 2.28. The van der Waals surface area contributed by atoms with E-state index >= 15 is 0 Å². The molecule has 0 spiro atoms. The summed E-state index contributed by atoms with van der Waals surface area (Å²) in [6.07, 6.45) is 3.70. The number of hydrogen-bond acceptors (Lipinski definition) is 5. The van der Waals surface area contributed by atoms with Gasteiger partial charge in [-0.05, 0) is 63.6 Å². The molecule has 1 aromatic carbocycles. The number of nitrogens with zero attached hydrogens (tertiary/aromatic N) is 6. The molecule has 0 aliphatic carbocycles. The minimum atomic E-state index is -0.348. The van der Waals surface area contributed by atoms with Crippen molar-refractivity contribution < 1.29 is 9.53 Å². The molecule has 204 valence electrons. The second kappa shape index (κ2) is 10.4. The van der Waals surface area contributed by atoms with E-state index in [-0.39, 0.29) is 29.8 Å². The van der Waals surface area contributed by atoms with E-state index in [1.807, 2.05) is 48.2 Å². The van der Waals surface area contributed by atoms with Gasteiger partial charge in [0.2, 0.25) is 0 Å². The molecule has 0 N–H and O–H groups in total. The number of ether oxygens (including phenoxy) is 1. The molecule has 0 bridgehead atoms. The lowest BCUT2D eigenvalue weighted by molar-refractivity contribution is -0.136. The second-order valence-electron chi connectivity index (χ2n) is 9.78. The van der Waals surface area contributed by atoms with Gasteiger partial charge in [0.25, 0.3) is 11.5 Å². The predicted octanol–water partition coefficient (Wildman–Crippen LogP) is 3.20. The third kappa shape index (κ3) is 4.60. The molecule has 0 fully saturated rings.